The van der Waals surface area contributed by atoms with Crippen LogP contribution in [0, 0.1) is 5.92 Å². The number of allylic oxidation sites excluding steroid dienone is 1. The topological polar surface area (TPSA) is 34.1 Å². The Morgan fingerprint density at radius 1 is 1.29 bits per heavy atom. The van der Waals surface area contributed by atoms with E-state index in [1.165, 1.54) is 6.08 Å². The second-order valence-corrected chi connectivity index (χ2v) is 1.09. The van der Waals surface area contributed by atoms with E-state index >= 15 is 0 Å². The van der Waals surface area contributed by atoms with E-state index in [2.05, 4.69) is 6.58 Å². The first-order valence-corrected chi connectivity index (χ1v) is 1.88. The van der Waals surface area contributed by atoms with Gasteiger partial charge in [0.1, 0.15) is 12.6 Å². The Hall–Kier alpha value is -0.920. The molecule has 0 heterocycles. The Morgan fingerprint density at radius 2 is 1.71 bits per heavy atom. The van der Waals surface area contributed by atoms with Crippen LogP contribution >= 0.6 is 0 Å². The van der Waals surface area contributed by atoms with E-state index in [1.54, 1.807) is 0 Å². The molecule has 0 N–H and O–H groups in total. The van der Waals surface area contributed by atoms with Gasteiger partial charge in [0.25, 0.3) is 0 Å². The van der Waals surface area contributed by atoms with Gasteiger partial charge in [0.05, 0.1) is 5.92 Å². The fraction of sp³-hybridized carbons (Fsp3) is 0.200. The molecule has 0 amide bonds. The number of carbonyl (C=O) groups excluding carboxylic acids is 2. The van der Waals surface area contributed by atoms with Crippen molar-refractivity contribution in [2.24, 2.45) is 5.92 Å². The van der Waals surface area contributed by atoms with Gasteiger partial charge >= 0.3 is 0 Å². The molecule has 0 fully saturated rings. The minimum Gasteiger partial charge on any atom is -0.302 e. The minimum atomic E-state index is -0.611. The average molecular weight is 98.1 g/mol. The molecular formula is C5H6O2. The lowest BCUT2D eigenvalue weighted by Gasteiger charge is -1.82. The molecule has 2 heteroatoms. The van der Waals surface area contributed by atoms with Crippen LogP contribution in [0.5, 0.6) is 0 Å². The zero-order chi connectivity index (χ0) is 5.70. The lowest BCUT2D eigenvalue weighted by molar-refractivity contribution is -0.117. The van der Waals surface area contributed by atoms with Gasteiger partial charge in [-0.2, -0.15) is 0 Å². The van der Waals surface area contributed by atoms with Crippen LogP contribution in [0.3, 0.4) is 0 Å². The first-order chi connectivity index (χ1) is 3.35. The van der Waals surface area contributed by atoms with Gasteiger partial charge < -0.3 is 9.59 Å². The number of rotatable bonds is 3. The first-order valence-electron chi connectivity index (χ1n) is 1.88. The van der Waals surface area contributed by atoms with Crippen molar-refractivity contribution < 1.29 is 9.59 Å². The molecule has 0 rings (SSSR count). The van der Waals surface area contributed by atoms with Crippen LogP contribution in [0.4, 0.5) is 0 Å². The van der Waals surface area contributed by atoms with Crippen LogP contribution in [0.15, 0.2) is 12.7 Å². The summed E-state index contributed by atoms with van der Waals surface area (Å²) in [5, 5.41) is 0. The van der Waals surface area contributed by atoms with Crippen LogP contribution in [-0.4, -0.2) is 12.6 Å². The summed E-state index contributed by atoms with van der Waals surface area (Å²) in [5.41, 5.74) is 0. The van der Waals surface area contributed by atoms with Crippen molar-refractivity contribution in [2.75, 3.05) is 0 Å². The zero-order valence-corrected chi connectivity index (χ0v) is 3.83. The van der Waals surface area contributed by atoms with E-state index in [9.17, 15) is 9.59 Å². The van der Waals surface area contributed by atoms with Gasteiger partial charge in [0.15, 0.2) is 0 Å². The van der Waals surface area contributed by atoms with E-state index in [0.717, 1.165) is 0 Å². The quantitative estimate of drug-likeness (QED) is 0.287. The lowest BCUT2D eigenvalue weighted by Crippen LogP contribution is -1.96. The van der Waals surface area contributed by atoms with Crippen molar-refractivity contribution in [3.63, 3.8) is 0 Å². The average Bonchev–Trinajstić information content (AvgIpc) is 1.72. The Morgan fingerprint density at radius 3 is 1.71 bits per heavy atom. The van der Waals surface area contributed by atoms with Crippen molar-refractivity contribution in [3.05, 3.63) is 12.7 Å². The summed E-state index contributed by atoms with van der Waals surface area (Å²) in [6.07, 6.45) is 2.38. The normalized spacial score (nSPS) is 8.14. The zero-order valence-electron chi connectivity index (χ0n) is 3.83. The smallest absolute Gasteiger partial charge is 0.133 e. The molecule has 0 unspecified atom stereocenters. The Labute approximate surface area is 41.8 Å². The highest BCUT2D eigenvalue weighted by Crippen LogP contribution is 1.82. The first kappa shape index (κ1) is 6.08. The largest absolute Gasteiger partial charge is 0.302 e. The predicted molar refractivity (Wildman–Crippen MR) is 25.8 cm³/mol. The van der Waals surface area contributed by atoms with E-state index in [-0.39, 0.29) is 0 Å². The van der Waals surface area contributed by atoms with Gasteiger partial charge in [-0.1, -0.05) is 6.08 Å². The molecule has 0 radical (unpaired) electrons. The molecule has 38 valence electrons. The van der Waals surface area contributed by atoms with E-state index < -0.39 is 5.92 Å². The number of hydrogen-bond donors (Lipinski definition) is 0. The molecule has 0 aromatic heterocycles. The predicted octanol–water partition coefficient (Wildman–Crippen LogP) is 0.186. The molecule has 0 aliphatic rings. The van der Waals surface area contributed by atoms with Gasteiger partial charge in [0, 0.05) is 0 Å². The van der Waals surface area contributed by atoms with Crippen LogP contribution in [-0.2, 0) is 9.59 Å². The second-order valence-electron chi connectivity index (χ2n) is 1.09. The highest BCUT2D eigenvalue weighted by Gasteiger charge is 1.93. The summed E-state index contributed by atoms with van der Waals surface area (Å²) in [4.78, 5) is 19.3. The van der Waals surface area contributed by atoms with Gasteiger partial charge in [0.2, 0.25) is 0 Å². The van der Waals surface area contributed by atoms with Crippen molar-refractivity contribution in [2.45, 2.75) is 0 Å². The van der Waals surface area contributed by atoms with Crippen molar-refractivity contribution in [3.8, 4) is 0 Å². The van der Waals surface area contributed by atoms with E-state index in [0.29, 0.717) is 12.6 Å². The SMILES string of the molecule is C=CC(C=O)C=O. The van der Waals surface area contributed by atoms with Crippen LogP contribution < -0.4 is 0 Å². The molecule has 0 aliphatic carbocycles. The molecule has 0 aromatic rings. The third kappa shape index (κ3) is 1.87. The molecule has 0 bridgehead atoms. The van der Waals surface area contributed by atoms with Crippen LogP contribution in [0.2, 0.25) is 0 Å². The molecule has 0 spiro atoms. The van der Waals surface area contributed by atoms with Crippen LogP contribution in [0.25, 0.3) is 0 Å². The fourth-order valence-corrected chi connectivity index (χ4v) is 0.143. The summed E-state index contributed by atoms with van der Waals surface area (Å²) >= 11 is 0. The van der Waals surface area contributed by atoms with Gasteiger partial charge in [-0.25, -0.2) is 0 Å². The third-order valence-corrected chi connectivity index (χ3v) is 0.586. The van der Waals surface area contributed by atoms with Crippen molar-refractivity contribution in [1.82, 2.24) is 0 Å². The minimum absolute atomic E-state index is 0.542. The number of carbonyl (C=O) groups is 2. The Kier molecular flexibility index (Phi) is 2.85. The molecule has 0 atom stereocenters. The Balaban J connectivity index is 3.57. The number of hydrogen-bond acceptors (Lipinski definition) is 2. The molecule has 0 saturated heterocycles. The van der Waals surface area contributed by atoms with Gasteiger partial charge in [-0.15, -0.1) is 6.58 Å². The maximum absolute atomic E-state index is 9.66. The monoisotopic (exact) mass is 98.0 g/mol. The molecular weight excluding hydrogens is 92.1 g/mol. The summed E-state index contributed by atoms with van der Waals surface area (Å²) < 4.78 is 0. The van der Waals surface area contributed by atoms with Gasteiger partial charge in [-0.3, -0.25) is 0 Å². The summed E-state index contributed by atoms with van der Waals surface area (Å²) in [7, 11) is 0. The van der Waals surface area contributed by atoms with Crippen molar-refractivity contribution in [1.29, 1.82) is 0 Å². The molecule has 0 aliphatic heterocycles. The maximum Gasteiger partial charge on any atom is 0.133 e. The molecule has 0 saturated carbocycles. The maximum atomic E-state index is 9.66. The second kappa shape index (κ2) is 3.28. The van der Waals surface area contributed by atoms with Crippen molar-refractivity contribution >= 4 is 12.6 Å². The highest BCUT2D eigenvalue weighted by atomic mass is 16.1. The highest BCUT2D eigenvalue weighted by molar-refractivity contribution is 5.79. The number of aldehydes is 2. The summed E-state index contributed by atoms with van der Waals surface area (Å²) in [6, 6.07) is 0. The van der Waals surface area contributed by atoms with E-state index in [1.807, 2.05) is 0 Å². The Bertz CT molecular complexity index is 67.1. The van der Waals surface area contributed by atoms with E-state index in [4.69, 9.17) is 0 Å². The third-order valence-electron chi connectivity index (χ3n) is 0.586. The molecule has 0 aromatic carbocycles. The standard InChI is InChI=1S/C5H6O2/c1-2-5(3-6)4-7/h2-5H,1H2. The fourth-order valence-electron chi connectivity index (χ4n) is 0.143. The lowest BCUT2D eigenvalue weighted by atomic mass is 10.2. The molecule has 7 heavy (non-hydrogen) atoms. The summed E-state index contributed by atoms with van der Waals surface area (Å²) in [6.45, 7) is 3.24. The van der Waals surface area contributed by atoms with Crippen LogP contribution in [0.1, 0.15) is 0 Å². The molecule has 2 nitrogen and oxygen atoms in total. The summed E-state index contributed by atoms with van der Waals surface area (Å²) in [5.74, 6) is -0.611. The van der Waals surface area contributed by atoms with Gasteiger partial charge in [-0.05, 0) is 0 Å².